The van der Waals surface area contributed by atoms with Crippen molar-refractivity contribution in [3.8, 4) is 0 Å². The van der Waals surface area contributed by atoms with Crippen LogP contribution in [0.3, 0.4) is 0 Å². The maximum absolute atomic E-state index is 12.6. The predicted molar refractivity (Wildman–Crippen MR) is 101 cm³/mol. The number of benzene rings is 3. The van der Waals surface area contributed by atoms with E-state index in [0.717, 1.165) is 10.9 Å². The molecule has 0 aliphatic heterocycles. The number of nitrogens with two attached hydrogens (primary N) is 1. The molecule has 0 saturated heterocycles. The van der Waals surface area contributed by atoms with Crippen LogP contribution >= 0.6 is 24.0 Å². The molecule has 0 bridgehead atoms. The molecule has 0 spiro atoms. The number of rotatable bonds is 4. The van der Waals surface area contributed by atoms with Gasteiger partial charge in [-0.1, -0.05) is 48.0 Å². The standard InChI is InChI=1S/C17H15ClN2O2S.ClH/c18-13-5-1-4-12(10-13)11-20-23(21,22)17-9-3-6-14-15(17)7-2-8-16(14)19;/h1-10,20H,11,19H2;1H. The van der Waals surface area contributed by atoms with Gasteiger partial charge >= 0.3 is 0 Å². The van der Waals surface area contributed by atoms with Gasteiger partial charge in [0.1, 0.15) is 0 Å². The minimum atomic E-state index is -3.66. The minimum Gasteiger partial charge on any atom is -0.398 e. The summed E-state index contributed by atoms with van der Waals surface area (Å²) in [7, 11) is -3.66. The summed E-state index contributed by atoms with van der Waals surface area (Å²) in [6.07, 6.45) is 0. The number of hydrogen-bond donors (Lipinski definition) is 2. The maximum Gasteiger partial charge on any atom is 0.241 e. The van der Waals surface area contributed by atoms with E-state index in [4.69, 9.17) is 17.3 Å². The largest absolute Gasteiger partial charge is 0.398 e. The van der Waals surface area contributed by atoms with Crippen LogP contribution in [0.4, 0.5) is 5.69 Å². The molecule has 0 aliphatic carbocycles. The van der Waals surface area contributed by atoms with E-state index >= 15 is 0 Å². The second-order valence-corrected chi connectivity index (χ2v) is 7.32. The van der Waals surface area contributed by atoms with Gasteiger partial charge in [-0.15, -0.1) is 12.4 Å². The van der Waals surface area contributed by atoms with E-state index in [2.05, 4.69) is 4.72 Å². The van der Waals surface area contributed by atoms with Crippen molar-refractivity contribution in [2.24, 2.45) is 0 Å². The highest BCUT2D eigenvalue weighted by Gasteiger charge is 2.17. The van der Waals surface area contributed by atoms with Gasteiger partial charge in [0.05, 0.1) is 4.90 Å². The molecule has 0 atom stereocenters. The Labute approximate surface area is 152 Å². The van der Waals surface area contributed by atoms with E-state index < -0.39 is 10.0 Å². The first-order valence-electron chi connectivity index (χ1n) is 6.99. The maximum atomic E-state index is 12.6. The topological polar surface area (TPSA) is 72.2 Å². The molecule has 0 heterocycles. The zero-order chi connectivity index (χ0) is 16.4. The lowest BCUT2D eigenvalue weighted by atomic mass is 10.1. The van der Waals surface area contributed by atoms with Gasteiger partial charge in [-0.2, -0.15) is 0 Å². The molecular weight excluding hydrogens is 367 g/mol. The van der Waals surface area contributed by atoms with Gasteiger partial charge in [0.25, 0.3) is 0 Å². The van der Waals surface area contributed by atoms with Gasteiger partial charge < -0.3 is 5.73 Å². The van der Waals surface area contributed by atoms with Gasteiger partial charge in [-0.3, -0.25) is 0 Å². The van der Waals surface area contributed by atoms with E-state index in [1.54, 1.807) is 54.6 Å². The highest BCUT2D eigenvalue weighted by Crippen LogP contribution is 2.27. The van der Waals surface area contributed by atoms with Crippen molar-refractivity contribution in [1.82, 2.24) is 4.72 Å². The first-order chi connectivity index (χ1) is 11.0. The summed E-state index contributed by atoms with van der Waals surface area (Å²) >= 11 is 5.92. The van der Waals surface area contributed by atoms with Crippen molar-refractivity contribution in [3.05, 3.63) is 71.2 Å². The summed E-state index contributed by atoms with van der Waals surface area (Å²) in [4.78, 5) is 0.212. The number of halogens is 2. The van der Waals surface area contributed by atoms with E-state index in [9.17, 15) is 8.42 Å². The van der Waals surface area contributed by atoms with Crippen molar-refractivity contribution < 1.29 is 8.42 Å². The Kier molecular flexibility index (Phi) is 5.72. The Morgan fingerprint density at radius 3 is 2.38 bits per heavy atom. The summed E-state index contributed by atoms with van der Waals surface area (Å²) in [5.41, 5.74) is 7.26. The third-order valence-electron chi connectivity index (χ3n) is 3.56. The second-order valence-electron chi connectivity index (χ2n) is 5.15. The lowest BCUT2D eigenvalue weighted by molar-refractivity contribution is 0.582. The molecule has 126 valence electrons. The molecule has 3 aromatic carbocycles. The fourth-order valence-corrected chi connectivity index (χ4v) is 3.89. The Balaban J connectivity index is 0.00000208. The van der Waals surface area contributed by atoms with Gasteiger partial charge in [0, 0.05) is 28.0 Å². The fraction of sp³-hybridized carbons (Fsp3) is 0.0588. The van der Waals surface area contributed by atoms with E-state index in [-0.39, 0.29) is 23.8 Å². The van der Waals surface area contributed by atoms with Gasteiger partial charge in [-0.25, -0.2) is 13.1 Å². The summed E-state index contributed by atoms with van der Waals surface area (Å²) in [6, 6.07) is 17.4. The molecule has 0 amide bonds. The molecule has 0 saturated carbocycles. The van der Waals surface area contributed by atoms with Crippen LogP contribution in [0.1, 0.15) is 5.56 Å². The van der Waals surface area contributed by atoms with Crippen molar-refractivity contribution in [2.75, 3.05) is 5.73 Å². The van der Waals surface area contributed by atoms with Crippen LogP contribution in [0.25, 0.3) is 10.8 Å². The van der Waals surface area contributed by atoms with Crippen molar-refractivity contribution in [2.45, 2.75) is 11.4 Å². The zero-order valence-corrected chi connectivity index (χ0v) is 15.0. The molecular formula is C17H16Cl2N2O2S. The molecule has 3 rings (SSSR count). The number of nitrogens with one attached hydrogen (secondary N) is 1. The van der Waals surface area contributed by atoms with Crippen molar-refractivity contribution in [1.29, 1.82) is 0 Å². The Hall–Kier alpha value is -1.79. The van der Waals surface area contributed by atoms with Crippen molar-refractivity contribution >= 4 is 50.5 Å². The molecule has 3 aromatic rings. The number of anilines is 1. The van der Waals surface area contributed by atoms with Crippen LogP contribution in [-0.2, 0) is 16.6 Å². The molecule has 7 heteroatoms. The fourth-order valence-electron chi connectivity index (χ4n) is 2.44. The van der Waals surface area contributed by atoms with Crippen LogP contribution in [0, 0.1) is 0 Å². The average Bonchev–Trinajstić information content (AvgIpc) is 2.53. The number of hydrogen-bond acceptors (Lipinski definition) is 3. The molecule has 0 aromatic heterocycles. The summed E-state index contributed by atoms with van der Waals surface area (Å²) in [6.45, 7) is 0.168. The van der Waals surface area contributed by atoms with Crippen LogP contribution in [0.2, 0.25) is 5.02 Å². The number of fused-ring (bicyclic) bond motifs is 1. The van der Waals surface area contributed by atoms with E-state index in [1.807, 2.05) is 6.07 Å². The second kappa shape index (κ2) is 7.40. The quantitative estimate of drug-likeness (QED) is 0.670. The molecule has 0 unspecified atom stereocenters. The Morgan fingerprint density at radius 1 is 0.958 bits per heavy atom. The smallest absolute Gasteiger partial charge is 0.241 e. The van der Waals surface area contributed by atoms with Crippen LogP contribution in [-0.4, -0.2) is 8.42 Å². The zero-order valence-electron chi connectivity index (χ0n) is 12.6. The highest BCUT2D eigenvalue weighted by molar-refractivity contribution is 7.89. The molecule has 24 heavy (non-hydrogen) atoms. The van der Waals surface area contributed by atoms with Crippen LogP contribution in [0.5, 0.6) is 0 Å². The molecule has 4 nitrogen and oxygen atoms in total. The molecule has 0 fully saturated rings. The summed E-state index contributed by atoms with van der Waals surface area (Å²) in [5.74, 6) is 0. The minimum absolute atomic E-state index is 0. The van der Waals surface area contributed by atoms with Gasteiger partial charge in [0.2, 0.25) is 10.0 Å². The number of sulfonamides is 1. The summed E-state index contributed by atoms with van der Waals surface area (Å²) < 4.78 is 27.9. The Bertz CT molecular complexity index is 975. The van der Waals surface area contributed by atoms with Gasteiger partial charge in [0.15, 0.2) is 0 Å². The SMILES string of the molecule is Cl.Nc1cccc2c(S(=O)(=O)NCc3cccc(Cl)c3)cccc12. The average molecular weight is 383 g/mol. The molecule has 0 radical (unpaired) electrons. The predicted octanol–water partition coefficient (Wildman–Crippen LogP) is 3.98. The monoisotopic (exact) mass is 382 g/mol. The Morgan fingerprint density at radius 2 is 1.62 bits per heavy atom. The first-order valence-corrected chi connectivity index (χ1v) is 8.85. The molecule has 3 N–H and O–H groups in total. The number of nitrogen functional groups attached to an aromatic ring is 1. The van der Waals surface area contributed by atoms with Crippen molar-refractivity contribution in [3.63, 3.8) is 0 Å². The van der Waals surface area contributed by atoms with Gasteiger partial charge in [-0.05, 0) is 29.8 Å². The third kappa shape index (κ3) is 3.82. The lowest BCUT2D eigenvalue weighted by Gasteiger charge is -2.11. The third-order valence-corrected chi connectivity index (χ3v) is 5.26. The highest BCUT2D eigenvalue weighted by atomic mass is 35.5. The molecule has 0 aliphatic rings. The summed E-state index contributed by atoms with van der Waals surface area (Å²) in [5, 5.41) is 1.89. The van der Waals surface area contributed by atoms with E-state index in [1.165, 1.54) is 0 Å². The van der Waals surface area contributed by atoms with E-state index in [0.29, 0.717) is 16.1 Å². The van der Waals surface area contributed by atoms with Crippen LogP contribution in [0.15, 0.2) is 65.6 Å². The van der Waals surface area contributed by atoms with Crippen LogP contribution < -0.4 is 10.5 Å². The first kappa shape index (κ1) is 18.5. The lowest BCUT2D eigenvalue weighted by Crippen LogP contribution is -2.23. The normalized spacial score (nSPS) is 11.2.